The van der Waals surface area contributed by atoms with Crippen LogP contribution in [0.3, 0.4) is 0 Å². The number of hydrogen-bond acceptors (Lipinski definition) is 4. The Kier molecular flexibility index (Phi) is 7.14. The molecular formula is C14H24N2O5. The molecule has 0 bridgehead atoms. The van der Waals surface area contributed by atoms with Crippen molar-refractivity contribution in [3.8, 4) is 0 Å². The van der Waals surface area contributed by atoms with Gasteiger partial charge in [-0.15, -0.1) is 0 Å². The van der Waals surface area contributed by atoms with E-state index in [-0.39, 0.29) is 24.3 Å². The first-order valence-corrected chi connectivity index (χ1v) is 7.25. The Hall–Kier alpha value is -1.63. The van der Waals surface area contributed by atoms with Crippen LogP contribution < -0.4 is 10.6 Å². The summed E-state index contributed by atoms with van der Waals surface area (Å²) in [6.07, 6.45) is 1.97. The van der Waals surface area contributed by atoms with E-state index in [2.05, 4.69) is 10.6 Å². The highest BCUT2D eigenvalue weighted by molar-refractivity contribution is 5.88. The molecule has 0 aliphatic heterocycles. The summed E-state index contributed by atoms with van der Waals surface area (Å²) in [6, 6.07) is 0. The summed E-state index contributed by atoms with van der Waals surface area (Å²) in [5.74, 6) is -2.52. The van der Waals surface area contributed by atoms with Crippen molar-refractivity contribution >= 4 is 17.8 Å². The molecule has 1 unspecified atom stereocenters. The van der Waals surface area contributed by atoms with E-state index in [4.69, 9.17) is 4.74 Å². The predicted molar refractivity (Wildman–Crippen MR) is 75.5 cm³/mol. The molecule has 1 fully saturated rings. The van der Waals surface area contributed by atoms with Crippen molar-refractivity contribution in [2.24, 2.45) is 17.8 Å². The van der Waals surface area contributed by atoms with Gasteiger partial charge in [-0.3, -0.25) is 14.4 Å². The molecule has 0 heterocycles. The van der Waals surface area contributed by atoms with E-state index in [1.54, 1.807) is 0 Å². The van der Waals surface area contributed by atoms with Crippen molar-refractivity contribution in [1.82, 2.24) is 10.6 Å². The van der Waals surface area contributed by atoms with E-state index in [1.165, 1.54) is 7.11 Å². The molecule has 0 aromatic heterocycles. The number of nitrogens with one attached hydrogen (secondary N) is 2. The molecular weight excluding hydrogens is 276 g/mol. The minimum atomic E-state index is -0.935. The molecule has 3 atom stereocenters. The molecule has 0 spiro atoms. The van der Waals surface area contributed by atoms with Crippen LogP contribution in [0.15, 0.2) is 0 Å². The van der Waals surface area contributed by atoms with Gasteiger partial charge in [0.05, 0.1) is 25.0 Å². The Balaban J connectivity index is 2.43. The van der Waals surface area contributed by atoms with Crippen molar-refractivity contribution in [2.75, 3.05) is 26.8 Å². The van der Waals surface area contributed by atoms with Crippen LogP contribution in [-0.2, 0) is 19.1 Å². The Bertz CT molecular complexity index is 386. The first-order valence-electron chi connectivity index (χ1n) is 7.25. The summed E-state index contributed by atoms with van der Waals surface area (Å²) in [7, 11) is 1.53. The molecule has 7 heteroatoms. The third-order valence-electron chi connectivity index (χ3n) is 3.94. The van der Waals surface area contributed by atoms with Crippen molar-refractivity contribution < 1.29 is 24.2 Å². The molecule has 0 aromatic carbocycles. The second-order valence-electron chi connectivity index (χ2n) is 5.36. The van der Waals surface area contributed by atoms with Crippen molar-refractivity contribution in [3.63, 3.8) is 0 Å². The highest BCUT2D eigenvalue weighted by Crippen LogP contribution is 2.38. The topological polar surface area (TPSA) is 105 Å². The number of carbonyl (C=O) groups is 3. The van der Waals surface area contributed by atoms with Crippen LogP contribution in [0.4, 0.5) is 0 Å². The highest BCUT2D eigenvalue weighted by atomic mass is 16.5. The van der Waals surface area contributed by atoms with Gasteiger partial charge in [-0.05, 0) is 18.8 Å². The summed E-state index contributed by atoms with van der Waals surface area (Å²) in [6.45, 7) is 2.64. The van der Waals surface area contributed by atoms with E-state index < -0.39 is 17.8 Å². The molecule has 3 N–H and O–H groups in total. The molecule has 1 rings (SSSR count). The van der Waals surface area contributed by atoms with E-state index >= 15 is 0 Å². The number of amides is 2. The third kappa shape index (κ3) is 5.34. The van der Waals surface area contributed by atoms with E-state index in [0.717, 1.165) is 6.42 Å². The highest BCUT2D eigenvalue weighted by Gasteiger charge is 2.42. The SMILES string of the molecule is CCC1C[C@H](C(=O)NCC(=O)NCCOC)[C@H](C(=O)O)C1. The Morgan fingerprint density at radius 3 is 2.43 bits per heavy atom. The largest absolute Gasteiger partial charge is 0.481 e. The summed E-state index contributed by atoms with van der Waals surface area (Å²) in [4.78, 5) is 34.8. The quantitative estimate of drug-likeness (QED) is 0.547. The van der Waals surface area contributed by atoms with Crippen molar-refractivity contribution in [3.05, 3.63) is 0 Å². The van der Waals surface area contributed by atoms with Gasteiger partial charge in [-0.1, -0.05) is 13.3 Å². The van der Waals surface area contributed by atoms with Crippen LogP contribution in [0.25, 0.3) is 0 Å². The maximum atomic E-state index is 12.1. The van der Waals surface area contributed by atoms with Gasteiger partial charge < -0.3 is 20.5 Å². The van der Waals surface area contributed by atoms with Crippen LogP contribution in [0.1, 0.15) is 26.2 Å². The minimum absolute atomic E-state index is 0.137. The van der Waals surface area contributed by atoms with Gasteiger partial charge in [0, 0.05) is 13.7 Å². The minimum Gasteiger partial charge on any atom is -0.481 e. The number of hydrogen-bond donors (Lipinski definition) is 3. The van der Waals surface area contributed by atoms with Crippen molar-refractivity contribution in [2.45, 2.75) is 26.2 Å². The molecule has 0 radical (unpaired) electrons. The van der Waals surface area contributed by atoms with Crippen LogP contribution in [0.5, 0.6) is 0 Å². The first kappa shape index (κ1) is 17.4. The number of ether oxygens (including phenoxy) is 1. The second kappa shape index (κ2) is 8.61. The molecule has 120 valence electrons. The van der Waals surface area contributed by atoms with E-state index in [0.29, 0.717) is 26.0 Å². The summed E-state index contributed by atoms with van der Waals surface area (Å²) < 4.78 is 4.80. The second-order valence-corrected chi connectivity index (χ2v) is 5.36. The van der Waals surface area contributed by atoms with Gasteiger partial charge in [0.15, 0.2) is 0 Å². The summed E-state index contributed by atoms with van der Waals surface area (Å²) >= 11 is 0. The van der Waals surface area contributed by atoms with Gasteiger partial charge in [0.2, 0.25) is 11.8 Å². The average molecular weight is 300 g/mol. The van der Waals surface area contributed by atoms with Gasteiger partial charge in [-0.25, -0.2) is 0 Å². The van der Waals surface area contributed by atoms with E-state index in [9.17, 15) is 19.5 Å². The molecule has 0 aromatic rings. The van der Waals surface area contributed by atoms with Gasteiger partial charge in [0.1, 0.15) is 0 Å². The lowest BCUT2D eigenvalue weighted by Crippen LogP contribution is -2.42. The van der Waals surface area contributed by atoms with Crippen LogP contribution in [0.2, 0.25) is 0 Å². The Labute approximate surface area is 124 Å². The number of carboxylic acids is 1. The van der Waals surface area contributed by atoms with Crippen LogP contribution >= 0.6 is 0 Å². The summed E-state index contributed by atoms with van der Waals surface area (Å²) in [5, 5.41) is 14.3. The van der Waals surface area contributed by atoms with Gasteiger partial charge >= 0.3 is 5.97 Å². The number of aliphatic carboxylic acids is 1. The molecule has 1 aliphatic rings. The number of carbonyl (C=O) groups excluding carboxylic acids is 2. The maximum Gasteiger partial charge on any atom is 0.307 e. The molecule has 1 saturated carbocycles. The normalized spacial score (nSPS) is 24.6. The maximum absolute atomic E-state index is 12.1. The van der Waals surface area contributed by atoms with Gasteiger partial charge in [0.25, 0.3) is 0 Å². The lowest BCUT2D eigenvalue weighted by molar-refractivity contribution is -0.146. The zero-order valence-corrected chi connectivity index (χ0v) is 12.6. The van der Waals surface area contributed by atoms with Gasteiger partial charge in [-0.2, -0.15) is 0 Å². The molecule has 0 saturated heterocycles. The first-order chi connectivity index (χ1) is 9.99. The standard InChI is InChI=1S/C14H24N2O5/c1-3-9-6-10(11(7-9)14(19)20)13(18)16-8-12(17)15-4-5-21-2/h9-11H,3-8H2,1-2H3,(H,15,17)(H,16,18)(H,19,20)/t9?,10-,11+/m0/s1. The number of methoxy groups -OCH3 is 1. The molecule has 7 nitrogen and oxygen atoms in total. The fourth-order valence-electron chi connectivity index (χ4n) is 2.69. The average Bonchev–Trinajstić information content (AvgIpc) is 2.89. The fraction of sp³-hybridized carbons (Fsp3) is 0.786. The van der Waals surface area contributed by atoms with E-state index in [1.807, 2.05) is 6.92 Å². The van der Waals surface area contributed by atoms with Crippen molar-refractivity contribution in [1.29, 1.82) is 0 Å². The summed E-state index contributed by atoms with van der Waals surface area (Å²) in [5.41, 5.74) is 0. The Morgan fingerprint density at radius 2 is 1.86 bits per heavy atom. The molecule has 21 heavy (non-hydrogen) atoms. The monoisotopic (exact) mass is 300 g/mol. The zero-order chi connectivity index (χ0) is 15.8. The molecule has 2 amide bonds. The number of rotatable bonds is 8. The zero-order valence-electron chi connectivity index (χ0n) is 12.6. The Morgan fingerprint density at radius 1 is 1.19 bits per heavy atom. The lowest BCUT2D eigenvalue weighted by atomic mass is 9.95. The lowest BCUT2D eigenvalue weighted by Gasteiger charge is -2.15. The number of carboxylic acid groups (broad SMARTS) is 1. The smallest absolute Gasteiger partial charge is 0.307 e. The molecule has 1 aliphatic carbocycles. The predicted octanol–water partition coefficient (Wildman–Crippen LogP) is 0.00220. The van der Waals surface area contributed by atoms with Crippen LogP contribution in [0, 0.1) is 17.8 Å². The van der Waals surface area contributed by atoms with Crippen LogP contribution in [-0.4, -0.2) is 49.7 Å². The fourth-order valence-corrected chi connectivity index (χ4v) is 2.69. The third-order valence-corrected chi connectivity index (χ3v) is 3.94.